The molecule has 1 amide bonds. The number of rotatable bonds is 3. The van der Waals surface area contributed by atoms with E-state index in [0.717, 1.165) is 38.3 Å². The van der Waals surface area contributed by atoms with E-state index in [1.54, 1.807) is 0 Å². The first kappa shape index (κ1) is 15.5. The van der Waals surface area contributed by atoms with E-state index < -0.39 is 0 Å². The minimum atomic E-state index is -0.318. The molecule has 0 aliphatic carbocycles. The molecule has 2 atom stereocenters. The summed E-state index contributed by atoms with van der Waals surface area (Å²) in [6.45, 7) is 12.8. The highest BCUT2D eigenvalue weighted by molar-refractivity contribution is 5.82. The third kappa shape index (κ3) is 3.71. The lowest BCUT2D eigenvalue weighted by molar-refractivity contribution is -0.135. The molecule has 1 saturated heterocycles. The van der Waals surface area contributed by atoms with Crippen molar-refractivity contribution < 1.29 is 4.79 Å². The molecule has 1 heterocycles. The maximum absolute atomic E-state index is 12.3. The highest BCUT2D eigenvalue weighted by atomic mass is 16.2. The van der Waals surface area contributed by atoms with Crippen molar-refractivity contribution in [1.29, 1.82) is 0 Å². The van der Waals surface area contributed by atoms with Gasteiger partial charge >= 0.3 is 0 Å². The summed E-state index contributed by atoms with van der Waals surface area (Å²) in [5.41, 5.74) is 6.39. The molecule has 18 heavy (non-hydrogen) atoms. The van der Waals surface area contributed by atoms with E-state index >= 15 is 0 Å². The summed E-state index contributed by atoms with van der Waals surface area (Å²) in [6, 6.07) is -0.318. The summed E-state index contributed by atoms with van der Waals surface area (Å²) in [7, 11) is 0. The Bertz CT molecular complexity index is 275. The minimum Gasteiger partial charge on any atom is -0.341 e. The quantitative estimate of drug-likeness (QED) is 0.841. The number of likely N-dealkylation sites (tertiary alicyclic amines) is 1. The van der Waals surface area contributed by atoms with Gasteiger partial charge in [-0.15, -0.1) is 0 Å². The van der Waals surface area contributed by atoms with Gasteiger partial charge in [-0.2, -0.15) is 0 Å². The smallest absolute Gasteiger partial charge is 0.239 e. The number of hydrogen-bond acceptors (Lipinski definition) is 2. The van der Waals surface area contributed by atoms with E-state index in [-0.39, 0.29) is 17.9 Å². The van der Waals surface area contributed by atoms with Crippen LogP contribution < -0.4 is 5.73 Å². The highest BCUT2D eigenvalue weighted by Gasteiger charge is 2.32. The van der Waals surface area contributed by atoms with Crippen molar-refractivity contribution in [3.8, 4) is 0 Å². The Balaban J connectivity index is 2.50. The van der Waals surface area contributed by atoms with Crippen LogP contribution in [0.25, 0.3) is 0 Å². The van der Waals surface area contributed by atoms with Crippen LogP contribution in [0.2, 0.25) is 0 Å². The van der Waals surface area contributed by atoms with Crippen LogP contribution in [-0.4, -0.2) is 29.9 Å². The van der Waals surface area contributed by atoms with E-state index in [9.17, 15) is 4.79 Å². The molecule has 3 nitrogen and oxygen atoms in total. The van der Waals surface area contributed by atoms with Gasteiger partial charge in [0.15, 0.2) is 0 Å². The lowest BCUT2D eigenvalue weighted by Crippen LogP contribution is -2.50. The van der Waals surface area contributed by atoms with Gasteiger partial charge in [-0.25, -0.2) is 0 Å². The van der Waals surface area contributed by atoms with Crippen LogP contribution in [0.15, 0.2) is 0 Å². The van der Waals surface area contributed by atoms with Crippen molar-refractivity contribution in [2.24, 2.45) is 23.0 Å². The Morgan fingerprint density at radius 1 is 1.33 bits per heavy atom. The molecule has 0 spiro atoms. The van der Waals surface area contributed by atoms with E-state index in [2.05, 4.69) is 34.6 Å². The molecule has 1 fully saturated rings. The van der Waals surface area contributed by atoms with Gasteiger partial charge in [0, 0.05) is 13.1 Å². The van der Waals surface area contributed by atoms with Gasteiger partial charge in [-0.05, 0) is 30.1 Å². The normalized spacial score (nSPS) is 21.8. The van der Waals surface area contributed by atoms with Crippen LogP contribution in [0, 0.1) is 17.3 Å². The molecule has 0 bridgehead atoms. The average molecular weight is 254 g/mol. The number of hydrogen-bond donors (Lipinski definition) is 1. The van der Waals surface area contributed by atoms with Crippen molar-refractivity contribution >= 4 is 5.91 Å². The molecule has 0 aromatic carbocycles. The molecule has 2 unspecified atom stereocenters. The molecule has 3 heteroatoms. The second-order valence-corrected chi connectivity index (χ2v) is 6.88. The zero-order valence-electron chi connectivity index (χ0n) is 12.7. The molecule has 2 N–H and O–H groups in total. The summed E-state index contributed by atoms with van der Waals surface area (Å²) in [6.07, 6.45) is 3.19. The molecular formula is C15H30N2O. The summed E-state index contributed by atoms with van der Waals surface area (Å²) in [5.74, 6) is 1.15. The molecule has 0 radical (unpaired) electrons. The topological polar surface area (TPSA) is 46.3 Å². The van der Waals surface area contributed by atoms with Gasteiger partial charge in [0.1, 0.15) is 0 Å². The Kier molecular flexibility index (Phi) is 5.20. The van der Waals surface area contributed by atoms with E-state index in [0.29, 0.717) is 5.41 Å². The van der Waals surface area contributed by atoms with E-state index in [4.69, 9.17) is 5.73 Å². The zero-order valence-corrected chi connectivity index (χ0v) is 12.7. The molecule has 1 aliphatic heterocycles. The minimum absolute atomic E-state index is 0.150. The molecule has 1 aliphatic rings. The van der Waals surface area contributed by atoms with Crippen molar-refractivity contribution in [3.63, 3.8) is 0 Å². The van der Waals surface area contributed by atoms with Gasteiger partial charge in [-0.1, -0.05) is 41.0 Å². The molecule has 0 saturated carbocycles. The van der Waals surface area contributed by atoms with Gasteiger partial charge < -0.3 is 10.6 Å². The Morgan fingerprint density at radius 3 is 2.22 bits per heavy atom. The maximum atomic E-state index is 12.3. The molecule has 106 valence electrons. The number of carbonyl (C=O) groups is 1. The van der Waals surface area contributed by atoms with Gasteiger partial charge in [-0.3, -0.25) is 4.79 Å². The standard InChI is InChI=1S/C15H30N2O/c1-6-11(2)13(16)14(18)17-9-7-12(8-10-17)15(3,4)5/h11-13H,6-10,16H2,1-5H3. The predicted octanol–water partition coefficient (Wildman–Crippen LogP) is 2.64. The van der Waals surface area contributed by atoms with Crippen molar-refractivity contribution in [2.45, 2.75) is 59.9 Å². The first-order valence-corrected chi connectivity index (χ1v) is 7.31. The first-order valence-electron chi connectivity index (χ1n) is 7.31. The average Bonchev–Trinajstić information content (AvgIpc) is 2.35. The first-order chi connectivity index (χ1) is 8.27. The fourth-order valence-electron chi connectivity index (χ4n) is 2.67. The van der Waals surface area contributed by atoms with Gasteiger partial charge in [0.25, 0.3) is 0 Å². The number of nitrogens with zero attached hydrogens (tertiary/aromatic N) is 1. The Morgan fingerprint density at radius 2 is 1.83 bits per heavy atom. The molecule has 0 aromatic heterocycles. The summed E-state index contributed by atoms with van der Waals surface area (Å²) in [5, 5.41) is 0. The second kappa shape index (κ2) is 6.05. The fourth-order valence-corrected chi connectivity index (χ4v) is 2.67. The van der Waals surface area contributed by atoms with Crippen LogP contribution >= 0.6 is 0 Å². The predicted molar refractivity (Wildman–Crippen MR) is 76.2 cm³/mol. The SMILES string of the molecule is CCC(C)C(N)C(=O)N1CCC(C(C)(C)C)CC1. The Hall–Kier alpha value is -0.570. The van der Waals surface area contributed by atoms with Crippen molar-refractivity contribution in [2.75, 3.05) is 13.1 Å². The summed E-state index contributed by atoms with van der Waals surface area (Å²) >= 11 is 0. The summed E-state index contributed by atoms with van der Waals surface area (Å²) in [4.78, 5) is 14.2. The second-order valence-electron chi connectivity index (χ2n) is 6.88. The van der Waals surface area contributed by atoms with Crippen molar-refractivity contribution in [3.05, 3.63) is 0 Å². The number of nitrogens with two attached hydrogens (primary N) is 1. The molecule has 0 aromatic rings. The van der Waals surface area contributed by atoms with Crippen molar-refractivity contribution in [1.82, 2.24) is 4.90 Å². The van der Waals surface area contributed by atoms with E-state index in [1.807, 2.05) is 4.90 Å². The zero-order chi connectivity index (χ0) is 13.9. The molecule has 1 rings (SSSR count). The van der Waals surface area contributed by atoms with Crippen LogP contribution in [0.4, 0.5) is 0 Å². The number of amides is 1. The van der Waals surface area contributed by atoms with Crippen LogP contribution in [0.1, 0.15) is 53.9 Å². The third-order valence-corrected chi connectivity index (χ3v) is 4.57. The summed E-state index contributed by atoms with van der Waals surface area (Å²) < 4.78 is 0. The number of carbonyl (C=O) groups excluding carboxylic acids is 1. The van der Waals surface area contributed by atoms with Crippen LogP contribution in [0.3, 0.4) is 0 Å². The monoisotopic (exact) mass is 254 g/mol. The van der Waals surface area contributed by atoms with Crippen LogP contribution in [0.5, 0.6) is 0 Å². The van der Waals surface area contributed by atoms with Crippen LogP contribution in [-0.2, 0) is 4.79 Å². The third-order valence-electron chi connectivity index (χ3n) is 4.57. The largest absolute Gasteiger partial charge is 0.341 e. The number of piperidine rings is 1. The lowest BCUT2D eigenvalue weighted by Gasteiger charge is -2.40. The van der Waals surface area contributed by atoms with E-state index in [1.165, 1.54) is 0 Å². The lowest BCUT2D eigenvalue weighted by atomic mass is 9.75. The fraction of sp³-hybridized carbons (Fsp3) is 0.933. The van der Waals surface area contributed by atoms with Gasteiger partial charge in [0.05, 0.1) is 6.04 Å². The maximum Gasteiger partial charge on any atom is 0.239 e. The molecular weight excluding hydrogens is 224 g/mol. The highest BCUT2D eigenvalue weighted by Crippen LogP contribution is 2.34. The van der Waals surface area contributed by atoms with Gasteiger partial charge in [0.2, 0.25) is 5.91 Å². The Labute approximate surface area is 112 Å².